The van der Waals surface area contributed by atoms with Crippen LogP contribution in [0.5, 0.6) is 0 Å². The molecule has 31 heavy (non-hydrogen) atoms. The summed E-state index contributed by atoms with van der Waals surface area (Å²) in [5.74, 6) is 1.61. The van der Waals surface area contributed by atoms with Gasteiger partial charge in [0, 0.05) is 36.3 Å². The number of hydrogen-bond acceptors (Lipinski definition) is 10. The molecule has 0 radical (unpaired) electrons. The number of nitrogen functional groups attached to an aromatic ring is 1. The number of anilines is 2. The fourth-order valence-corrected chi connectivity index (χ4v) is 5.72. The highest BCUT2D eigenvalue weighted by Gasteiger charge is 2.43. The van der Waals surface area contributed by atoms with E-state index < -0.39 is 5.41 Å². The van der Waals surface area contributed by atoms with E-state index in [0.29, 0.717) is 33.9 Å². The van der Waals surface area contributed by atoms with Crippen molar-refractivity contribution in [3.05, 3.63) is 34.2 Å². The summed E-state index contributed by atoms with van der Waals surface area (Å²) in [4.78, 5) is 17.2. The average molecular weight is 437 g/mol. The van der Waals surface area contributed by atoms with Crippen molar-refractivity contribution in [2.75, 3.05) is 36.8 Å². The molecule has 3 aromatic heterocycles. The summed E-state index contributed by atoms with van der Waals surface area (Å²) in [7, 11) is 0. The molecule has 0 spiro atoms. The minimum absolute atomic E-state index is 0.432. The van der Waals surface area contributed by atoms with Gasteiger partial charge < -0.3 is 20.5 Å². The van der Waals surface area contributed by atoms with Crippen LogP contribution in [0.1, 0.15) is 48.1 Å². The van der Waals surface area contributed by atoms with Gasteiger partial charge in [-0.25, -0.2) is 9.97 Å². The van der Waals surface area contributed by atoms with Crippen LogP contribution < -0.4 is 16.0 Å². The van der Waals surface area contributed by atoms with Crippen LogP contribution in [0, 0.1) is 11.3 Å². The molecular weight excluding hydrogens is 412 g/mol. The summed E-state index contributed by atoms with van der Waals surface area (Å²) in [5.41, 5.74) is 7.71. The minimum Gasteiger partial charge on any atom is -0.389 e. The molecule has 1 atom stereocenters. The molecule has 4 heterocycles. The zero-order valence-corrected chi connectivity index (χ0v) is 18.2. The Hall–Kier alpha value is -3.03. The first-order valence-electron chi connectivity index (χ1n) is 10.5. The molecule has 2 aliphatic rings. The summed E-state index contributed by atoms with van der Waals surface area (Å²) >= 11 is 1.50. The van der Waals surface area contributed by atoms with Crippen LogP contribution in [0.3, 0.4) is 0 Å². The molecule has 0 saturated carbocycles. The number of aryl methyl sites for hydroxylation is 1. The smallest absolute Gasteiger partial charge is 0.237 e. The molecule has 0 bridgehead atoms. The minimum atomic E-state index is -0.537. The molecule has 1 aliphatic heterocycles. The molecule has 9 nitrogen and oxygen atoms in total. The van der Waals surface area contributed by atoms with Gasteiger partial charge in [0.1, 0.15) is 16.8 Å². The maximum absolute atomic E-state index is 9.68. The summed E-state index contributed by atoms with van der Waals surface area (Å²) in [6, 6.07) is 4.08. The lowest BCUT2D eigenvalue weighted by molar-refractivity contribution is 0.300. The molecule has 3 aromatic rings. The Morgan fingerprint density at radius 1 is 1.29 bits per heavy atom. The van der Waals surface area contributed by atoms with Crippen LogP contribution in [0.15, 0.2) is 16.8 Å². The number of nitrogens with zero attached hydrogens (tertiary/aromatic N) is 6. The van der Waals surface area contributed by atoms with Crippen molar-refractivity contribution in [1.82, 2.24) is 25.4 Å². The highest BCUT2D eigenvalue weighted by atomic mass is 32.1. The third-order valence-corrected chi connectivity index (χ3v) is 7.22. The number of nitriles is 1. The van der Waals surface area contributed by atoms with E-state index in [0.717, 1.165) is 62.3 Å². The first-order valence-corrected chi connectivity index (χ1v) is 11.4. The second kappa shape index (κ2) is 7.90. The van der Waals surface area contributed by atoms with Crippen LogP contribution in [-0.4, -0.2) is 46.3 Å². The van der Waals surface area contributed by atoms with Gasteiger partial charge in [-0.05, 0) is 45.2 Å². The van der Waals surface area contributed by atoms with Crippen molar-refractivity contribution >= 4 is 22.3 Å². The van der Waals surface area contributed by atoms with Gasteiger partial charge in [0.15, 0.2) is 0 Å². The molecule has 1 saturated heterocycles. The van der Waals surface area contributed by atoms with Crippen molar-refractivity contribution < 1.29 is 4.52 Å². The maximum atomic E-state index is 9.68. The Balaban J connectivity index is 1.49. The predicted molar refractivity (Wildman–Crippen MR) is 118 cm³/mol. The van der Waals surface area contributed by atoms with Crippen LogP contribution in [-0.2, 0) is 11.8 Å². The van der Waals surface area contributed by atoms with Crippen molar-refractivity contribution in [2.24, 2.45) is 0 Å². The molecule has 0 aromatic carbocycles. The van der Waals surface area contributed by atoms with E-state index in [1.807, 2.05) is 0 Å². The van der Waals surface area contributed by atoms with E-state index in [-0.39, 0.29) is 0 Å². The van der Waals surface area contributed by atoms with Crippen molar-refractivity contribution in [3.63, 3.8) is 0 Å². The van der Waals surface area contributed by atoms with Crippen LogP contribution in [0.2, 0.25) is 0 Å². The summed E-state index contributed by atoms with van der Waals surface area (Å²) in [5, 5.41) is 17.9. The van der Waals surface area contributed by atoms with Gasteiger partial charge >= 0.3 is 0 Å². The highest BCUT2D eigenvalue weighted by Crippen LogP contribution is 2.48. The van der Waals surface area contributed by atoms with Gasteiger partial charge in [-0.15, -0.1) is 11.3 Å². The number of thiophene rings is 1. The predicted octanol–water partition coefficient (Wildman–Crippen LogP) is 2.48. The second-order valence-corrected chi connectivity index (χ2v) is 9.33. The number of fused-ring (bicyclic) bond motifs is 1. The van der Waals surface area contributed by atoms with E-state index in [4.69, 9.17) is 20.2 Å². The van der Waals surface area contributed by atoms with Gasteiger partial charge in [0.05, 0.1) is 11.0 Å². The standard InChI is InChI=1S/C21H24N8OS/c1-21(6-2-4-15-16(21)13(12-22)17(23)31-15)19-27-18(28-30-19)14-5-8-25-20(26-14)29-10-3-7-24-9-11-29/h5,8,24H,2-4,6-7,9-11,23H2,1H3. The van der Waals surface area contributed by atoms with Gasteiger partial charge in [0.2, 0.25) is 17.7 Å². The zero-order chi connectivity index (χ0) is 21.4. The van der Waals surface area contributed by atoms with Crippen molar-refractivity contribution in [1.29, 1.82) is 5.26 Å². The van der Waals surface area contributed by atoms with Crippen molar-refractivity contribution in [3.8, 4) is 17.6 Å². The fourth-order valence-electron chi connectivity index (χ4n) is 4.53. The number of aromatic nitrogens is 4. The maximum Gasteiger partial charge on any atom is 0.237 e. The fraction of sp³-hybridized carbons (Fsp3) is 0.476. The third kappa shape index (κ3) is 3.43. The topological polar surface area (TPSA) is 130 Å². The SMILES string of the molecule is CC1(c2nc(-c3ccnc(N4CCCNCC4)n3)no2)CCCc2sc(N)c(C#N)c21. The van der Waals surface area contributed by atoms with Crippen LogP contribution >= 0.6 is 11.3 Å². The Labute approximate surface area is 184 Å². The first kappa shape index (κ1) is 19.9. The zero-order valence-electron chi connectivity index (χ0n) is 17.4. The number of nitrogens with one attached hydrogen (secondary N) is 1. The van der Waals surface area contributed by atoms with Gasteiger partial charge in [-0.1, -0.05) is 5.16 Å². The molecule has 5 rings (SSSR count). The normalized spacial score (nSPS) is 21.4. The quantitative estimate of drug-likeness (QED) is 0.636. The van der Waals surface area contributed by atoms with Crippen LogP contribution in [0.4, 0.5) is 10.9 Å². The molecule has 1 aliphatic carbocycles. The monoisotopic (exact) mass is 436 g/mol. The first-order chi connectivity index (χ1) is 15.1. The molecule has 160 valence electrons. The van der Waals surface area contributed by atoms with Gasteiger partial charge in [-0.2, -0.15) is 10.2 Å². The highest BCUT2D eigenvalue weighted by molar-refractivity contribution is 7.16. The Bertz CT molecular complexity index is 1140. The number of nitrogens with two attached hydrogens (primary N) is 1. The Morgan fingerprint density at radius 2 is 2.19 bits per heavy atom. The molecule has 1 unspecified atom stereocenters. The van der Waals surface area contributed by atoms with E-state index >= 15 is 0 Å². The largest absolute Gasteiger partial charge is 0.389 e. The molecule has 1 fully saturated rings. The third-order valence-electron chi connectivity index (χ3n) is 6.15. The molecular formula is C21H24N8OS. The number of rotatable bonds is 3. The average Bonchev–Trinajstić information content (AvgIpc) is 3.30. The van der Waals surface area contributed by atoms with Crippen molar-refractivity contribution in [2.45, 2.75) is 38.0 Å². The Kier molecular flexibility index (Phi) is 5.08. The van der Waals surface area contributed by atoms with Gasteiger partial charge in [0.25, 0.3) is 0 Å². The summed E-state index contributed by atoms with van der Waals surface area (Å²) in [6.45, 7) is 5.74. The molecule has 3 N–H and O–H groups in total. The summed E-state index contributed by atoms with van der Waals surface area (Å²) < 4.78 is 5.74. The Morgan fingerprint density at radius 3 is 3.06 bits per heavy atom. The molecule has 0 amide bonds. The van der Waals surface area contributed by atoms with Crippen LogP contribution in [0.25, 0.3) is 11.5 Å². The lowest BCUT2D eigenvalue weighted by Crippen LogP contribution is -2.29. The van der Waals surface area contributed by atoms with Gasteiger partial charge in [-0.3, -0.25) is 0 Å². The number of hydrogen-bond donors (Lipinski definition) is 2. The van der Waals surface area contributed by atoms with E-state index in [2.05, 4.69) is 33.4 Å². The second-order valence-electron chi connectivity index (χ2n) is 8.19. The van der Waals surface area contributed by atoms with E-state index in [9.17, 15) is 5.26 Å². The van der Waals surface area contributed by atoms with E-state index in [1.165, 1.54) is 11.3 Å². The lowest BCUT2D eigenvalue weighted by Gasteiger charge is -2.30. The van der Waals surface area contributed by atoms with E-state index in [1.54, 1.807) is 12.3 Å². The molecule has 10 heteroatoms. The lowest BCUT2D eigenvalue weighted by atomic mass is 9.72. The summed E-state index contributed by atoms with van der Waals surface area (Å²) in [6.07, 6.45) is 5.50.